The van der Waals surface area contributed by atoms with Gasteiger partial charge in [0.05, 0.1) is 0 Å². The first-order valence-corrected chi connectivity index (χ1v) is 5.84. The summed E-state index contributed by atoms with van der Waals surface area (Å²) in [6.07, 6.45) is 0.659. The van der Waals surface area contributed by atoms with E-state index in [2.05, 4.69) is 31.4 Å². The van der Waals surface area contributed by atoms with Crippen LogP contribution < -0.4 is 10.6 Å². The van der Waals surface area contributed by atoms with Gasteiger partial charge in [-0.1, -0.05) is 0 Å². The summed E-state index contributed by atoms with van der Waals surface area (Å²) in [5.74, 6) is 0. The van der Waals surface area contributed by atoms with Crippen molar-refractivity contribution in [3.63, 3.8) is 0 Å². The Morgan fingerprint density at radius 3 is 2.12 bits per heavy atom. The van der Waals surface area contributed by atoms with Crippen molar-refractivity contribution in [3.05, 3.63) is 0 Å². The topological polar surface area (TPSA) is 50.4 Å². The van der Waals surface area contributed by atoms with E-state index in [9.17, 15) is 4.79 Å². The SMILES string of the molecule is CC(C)(C)N[C@@H]1C[C@H]1NC(=O)OC(C)(C)C. The molecule has 4 heteroatoms. The Balaban J connectivity index is 2.24. The van der Waals surface area contributed by atoms with Crippen LogP contribution in [0, 0.1) is 0 Å². The van der Waals surface area contributed by atoms with Crippen LogP contribution in [-0.2, 0) is 4.74 Å². The van der Waals surface area contributed by atoms with Crippen molar-refractivity contribution in [2.24, 2.45) is 0 Å². The number of hydrogen-bond donors (Lipinski definition) is 2. The zero-order valence-electron chi connectivity index (χ0n) is 11.2. The number of carbonyl (C=O) groups excluding carboxylic acids is 1. The second kappa shape index (κ2) is 4.24. The molecule has 0 saturated heterocycles. The quantitative estimate of drug-likeness (QED) is 0.760. The largest absolute Gasteiger partial charge is 0.444 e. The van der Waals surface area contributed by atoms with Crippen LogP contribution in [0.15, 0.2) is 0 Å². The third kappa shape index (κ3) is 5.35. The summed E-state index contributed by atoms with van der Waals surface area (Å²) in [5.41, 5.74) is -0.332. The van der Waals surface area contributed by atoms with Crippen LogP contribution >= 0.6 is 0 Å². The molecule has 0 radical (unpaired) electrons. The van der Waals surface area contributed by atoms with Crippen molar-refractivity contribution >= 4 is 6.09 Å². The van der Waals surface area contributed by atoms with Gasteiger partial charge in [-0.15, -0.1) is 0 Å². The monoisotopic (exact) mass is 228 g/mol. The molecule has 1 rings (SSSR count). The van der Waals surface area contributed by atoms with Gasteiger partial charge in [-0.3, -0.25) is 0 Å². The molecule has 2 atom stereocenters. The molecule has 1 amide bonds. The van der Waals surface area contributed by atoms with E-state index in [4.69, 9.17) is 4.74 Å². The molecule has 2 N–H and O–H groups in total. The van der Waals surface area contributed by atoms with Gasteiger partial charge in [0.25, 0.3) is 0 Å². The van der Waals surface area contributed by atoms with Crippen LogP contribution in [0.5, 0.6) is 0 Å². The van der Waals surface area contributed by atoms with Gasteiger partial charge >= 0.3 is 6.09 Å². The van der Waals surface area contributed by atoms with E-state index >= 15 is 0 Å². The van der Waals surface area contributed by atoms with E-state index in [0.717, 1.165) is 6.42 Å². The average molecular weight is 228 g/mol. The Morgan fingerprint density at radius 1 is 1.12 bits per heavy atom. The molecule has 0 spiro atoms. The zero-order valence-corrected chi connectivity index (χ0v) is 11.2. The minimum Gasteiger partial charge on any atom is -0.444 e. The van der Waals surface area contributed by atoms with Crippen molar-refractivity contribution in [1.82, 2.24) is 10.6 Å². The maximum Gasteiger partial charge on any atom is 0.407 e. The van der Waals surface area contributed by atoms with E-state index in [-0.39, 0.29) is 17.7 Å². The Morgan fingerprint density at radius 2 is 1.69 bits per heavy atom. The van der Waals surface area contributed by atoms with E-state index in [1.165, 1.54) is 0 Å². The number of ether oxygens (including phenoxy) is 1. The van der Waals surface area contributed by atoms with Crippen LogP contribution in [0.1, 0.15) is 48.0 Å². The third-order valence-electron chi connectivity index (χ3n) is 2.11. The molecule has 0 bridgehead atoms. The van der Waals surface area contributed by atoms with Crippen molar-refractivity contribution < 1.29 is 9.53 Å². The van der Waals surface area contributed by atoms with Gasteiger partial charge < -0.3 is 15.4 Å². The zero-order chi connectivity index (χ0) is 12.6. The molecule has 0 aromatic heterocycles. The summed E-state index contributed by atoms with van der Waals surface area (Å²) in [7, 11) is 0. The molecule has 1 aliphatic rings. The highest BCUT2D eigenvalue weighted by atomic mass is 16.6. The minimum atomic E-state index is -0.425. The van der Waals surface area contributed by atoms with Gasteiger partial charge in [0.15, 0.2) is 0 Å². The van der Waals surface area contributed by atoms with E-state index in [1.54, 1.807) is 0 Å². The summed E-state index contributed by atoms with van der Waals surface area (Å²) >= 11 is 0. The molecule has 94 valence electrons. The first-order chi connectivity index (χ1) is 7.07. The fourth-order valence-corrected chi connectivity index (χ4v) is 1.53. The number of alkyl carbamates (subject to hydrolysis) is 1. The number of hydrogen-bond acceptors (Lipinski definition) is 3. The summed E-state index contributed by atoms with van der Waals surface area (Å²) < 4.78 is 5.19. The average Bonchev–Trinajstić information content (AvgIpc) is 2.57. The molecule has 16 heavy (non-hydrogen) atoms. The van der Waals surface area contributed by atoms with Gasteiger partial charge in [0, 0.05) is 17.6 Å². The molecular formula is C12H24N2O2. The first-order valence-electron chi connectivity index (χ1n) is 5.84. The predicted molar refractivity (Wildman–Crippen MR) is 64.5 cm³/mol. The lowest BCUT2D eigenvalue weighted by Gasteiger charge is -2.22. The van der Waals surface area contributed by atoms with Crippen LogP contribution in [0.2, 0.25) is 0 Å². The van der Waals surface area contributed by atoms with Gasteiger partial charge in [-0.2, -0.15) is 0 Å². The molecule has 4 nitrogen and oxygen atoms in total. The molecular weight excluding hydrogens is 204 g/mol. The number of amides is 1. The lowest BCUT2D eigenvalue weighted by atomic mass is 10.1. The molecule has 0 aromatic rings. The maximum atomic E-state index is 11.5. The number of carbonyl (C=O) groups is 1. The van der Waals surface area contributed by atoms with Crippen LogP contribution in [-0.4, -0.2) is 29.3 Å². The van der Waals surface area contributed by atoms with Crippen LogP contribution in [0.25, 0.3) is 0 Å². The van der Waals surface area contributed by atoms with Crippen LogP contribution in [0.4, 0.5) is 4.79 Å². The fraction of sp³-hybridized carbons (Fsp3) is 0.917. The van der Waals surface area contributed by atoms with Gasteiger partial charge in [0.1, 0.15) is 5.60 Å². The maximum absolute atomic E-state index is 11.5. The van der Waals surface area contributed by atoms with Crippen molar-refractivity contribution in [3.8, 4) is 0 Å². The Bertz CT molecular complexity index is 263. The van der Waals surface area contributed by atoms with Gasteiger partial charge in [-0.25, -0.2) is 4.79 Å². The second-order valence-corrected chi connectivity index (χ2v) is 6.49. The van der Waals surface area contributed by atoms with Crippen molar-refractivity contribution in [2.75, 3.05) is 0 Å². The second-order valence-electron chi connectivity index (χ2n) is 6.49. The normalized spacial score (nSPS) is 25.1. The van der Waals surface area contributed by atoms with Crippen LogP contribution in [0.3, 0.4) is 0 Å². The lowest BCUT2D eigenvalue weighted by molar-refractivity contribution is 0.0521. The highest BCUT2D eigenvalue weighted by molar-refractivity contribution is 5.68. The van der Waals surface area contributed by atoms with E-state index in [0.29, 0.717) is 6.04 Å². The molecule has 1 aliphatic carbocycles. The van der Waals surface area contributed by atoms with E-state index < -0.39 is 5.60 Å². The third-order valence-corrected chi connectivity index (χ3v) is 2.11. The standard InChI is InChI=1S/C12H24N2O2/c1-11(2,3)14-9-7-8(9)13-10(15)16-12(4,5)6/h8-9,14H,7H2,1-6H3,(H,13,15)/t8-,9-/m1/s1. The molecule has 0 aliphatic heterocycles. The summed E-state index contributed by atoms with van der Waals surface area (Å²) in [4.78, 5) is 11.5. The molecule has 0 aromatic carbocycles. The minimum absolute atomic E-state index is 0.0923. The summed E-state index contributed by atoms with van der Waals surface area (Å²) in [6.45, 7) is 12.0. The van der Waals surface area contributed by atoms with Gasteiger partial charge in [-0.05, 0) is 48.0 Å². The van der Waals surface area contributed by atoms with Crippen molar-refractivity contribution in [1.29, 1.82) is 0 Å². The Labute approximate surface area is 98.1 Å². The van der Waals surface area contributed by atoms with Gasteiger partial charge in [0.2, 0.25) is 0 Å². The van der Waals surface area contributed by atoms with E-state index in [1.807, 2.05) is 20.8 Å². The number of nitrogens with one attached hydrogen (secondary N) is 2. The highest BCUT2D eigenvalue weighted by Gasteiger charge is 2.40. The first kappa shape index (κ1) is 13.3. The molecule has 0 heterocycles. The fourth-order valence-electron chi connectivity index (χ4n) is 1.53. The molecule has 1 saturated carbocycles. The summed E-state index contributed by atoms with van der Waals surface area (Å²) in [5, 5.41) is 6.30. The molecule has 1 fully saturated rings. The highest BCUT2D eigenvalue weighted by Crippen LogP contribution is 2.24. The number of rotatable bonds is 2. The lowest BCUT2D eigenvalue weighted by Crippen LogP contribution is -2.42. The van der Waals surface area contributed by atoms with Crippen molar-refractivity contribution in [2.45, 2.75) is 71.2 Å². The Kier molecular flexibility index (Phi) is 3.53. The Hall–Kier alpha value is -0.770. The smallest absolute Gasteiger partial charge is 0.407 e. The summed E-state index contributed by atoms with van der Waals surface area (Å²) in [6, 6.07) is 0.599. The predicted octanol–water partition coefficient (Wildman–Crippen LogP) is 2.04. The molecule has 0 unspecified atom stereocenters.